The summed E-state index contributed by atoms with van der Waals surface area (Å²) in [5.41, 5.74) is 3.13. The molecule has 27 heavy (non-hydrogen) atoms. The van der Waals surface area contributed by atoms with E-state index in [1.54, 1.807) is 18.9 Å². The van der Waals surface area contributed by atoms with Crippen molar-refractivity contribution in [3.63, 3.8) is 0 Å². The second-order valence-electron chi connectivity index (χ2n) is 6.14. The molecule has 6 heteroatoms. The van der Waals surface area contributed by atoms with Crippen LogP contribution in [0.5, 0.6) is 5.75 Å². The lowest BCUT2D eigenvalue weighted by Gasteiger charge is -2.12. The third-order valence-corrected chi connectivity index (χ3v) is 5.20. The summed E-state index contributed by atoms with van der Waals surface area (Å²) in [5, 5.41) is 18.4. The van der Waals surface area contributed by atoms with Gasteiger partial charge in [-0.25, -0.2) is 0 Å². The predicted molar refractivity (Wildman–Crippen MR) is 108 cm³/mol. The van der Waals surface area contributed by atoms with Crippen molar-refractivity contribution >= 4 is 11.8 Å². The minimum Gasteiger partial charge on any atom is -0.496 e. The SMILES string of the molecule is COc1ccccc1-c1nnc(SCCCCC#N)n1-c1ccc(C)cc1. The Morgan fingerprint density at radius 3 is 2.59 bits per heavy atom. The molecule has 0 saturated heterocycles. The Morgan fingerprint density at radius 2 is 1.85 bits per heavy atom. The van der Waals surface area contributed by atoms with Crippen molar-refractivity contribution in [2.24, 2.45) is 0 Å². The molecule has 0 aliphatic heterocycles. The average molecular weight is 379 g/mol. The highest BCUT2D eigenvalue weighted by Crippen LogP contribution is 2.33. The van der Waals surface area contributed by atoms with Gasteiger partial charge in [0.2, 0.25) is 0 Å². The van der Waals surface area contributed by atoms with E-state index in [0.29, 0.717) is 6.42 Å². The Bertz CT molecular complexity index is 928. The van der Waals surface area contributed by atoms with Gasteiger partial charge in [0.1, 0.15) is 5.75 Å². The molecule has 138 valence electrons. The average Bonchev–Trinajstić information content (AvgIpc) is 3.12. The number of nitrogens with zero attached hydrogens (tertiary/aromatic N) is 4. The van der Waals surface area contributed by atoms with Crippen molar-refractivity contribution < 1.29 is 4.74 Å². The van der Waals surface area contributed by atoms with Gasteiger partial charge in [-0.05, 0) is 44.0 Å². The first-order valence-electron chi connectivity index (χ1n) is 8.90. The summed E-state index contributed by atoms with van der Waals surface area (Å²) in [6.45, 7) is 2.07. The van der Waals surface area contributed by atoms with Gasteiger partial charge in [-0.15, -0.1) is 10.2 Å². The zero-order chi connectivity index (χ0) is 19.1. The van der Waals surface area contributed by atoms with Crippen LogP contribution in [0.15, 0.2) is 53.7 Å². The Hall–Kier alpha value is -2.78. The molecule has 0 fully saturated rings. The Morgan fingerprint density at radius 1 is 1.07 bits per heavy atom. The van der Waals surface area contributed by atoms with E-state index in [4.69, 9.17) is 10.00 Å². The number of benzene rings is 2. The Labute approximate surface area is 164 Å². The van der Waals surface area contributed by atoms with Crippen LogP contribution in [0, 0.1) is 18.3 Å². The Kier molecular flexibility index (Phi) is 6.50. The number of nitriles is 1. The van der Waals surface area contributed by atoms with E-state index in [2.05, 4.69) is 52.0 Å². The molecular formula is C21H22N4OS. The van der Waals surface area contributed by atoms with E-state index < -0.39 is 0 Å². The number of para-hydroxylation sites is 1. The predicted octanol–water partition coefficient (Wildman–Crippen LogP) is 5.04. The van der Waals surface area contributed by atoms with Gasteiger partial charge in [-0.1, -0.05) is 41.6 Å². The summed E-state index contributed by atoms with van der Waals surface area (Å²) in [6.07, 6.45) is 2.47. The summed E-state index contributed by atoms with van der Waals surface area (Å²) < 4.78 is 7.60. The van der Waals surface area contributed by atoms with Crippen LogP contribution in [0.1, 0.15) is 24.8 Å². The smallest absolute Gasteiger partial charge is 0.196 e. The number of ether oxygens (including phenoxy) is 1. The van der Waals surface area contributed by atoms with E-state index in [-0.39, 0.29) is 0 Å². The van der Waals surface area contributed by atoms with Crippen LogP contribution >= 0.6 is 11.8 Å². The minimum atomic E-state index is 0.595. The second-order valence-corrected chi connectivity index (χ2v) is 7.20. The molecule has 0 unspecified atom stereocenters. The summed E-state index contributed by atoms with van der Waals surface area (Å²) >= 11 is 1.66. The molecule has 0 N–H and O–H groups in total. The largest absolute Gasteiger partial charge is 0.496 e. The van der Waals surface area contributed by atoms with Gasteiger partial charge < -0.3 is 4.74 Å². The van der Waals surface area contributed by atoms with Gasteiger partial charge in [0.15, 0.2) is 11.0 Å². The van der Waals surface area contributed by atoms with E-state index in [1.165, 1.54) is 5.56 Å². The van der Waals surface area contributed by atoms with E-state index in [0.717, 1.165) is 46.6 Å². The topological polar surface area (TPSA) is 63.7 Å². The molecule has 1 heterocycles. The van der Waals surface area contributed by atoms with Gasteiger partial charge in [-0.3, -0.25) is 4.57 Å². The highest BCUT2D eigenvalue weighted by molar-refractivity contribution is 7.99. The number of methoxy groups -OCH3 is 1. The molecule has 0 amide bonds. The fourth-order valence-corrected chi connectivity index (χ4v) is 3.71. The van der Waals surface area contributed by atoms with Crippen LogP contribution in [0.3, 0.4) is 0 Å². The van der Waals surface area contributed by atoms with Crippen molar-refractivity contribution in [3.8, 4) is 28.9 Å². The molecule has 2 aromatic carbocycles. The normalized spacial score (nSPS) is 10.6. The highest BCUT2D eigenvalue weighted by atomic mass is 32.2. The zero-order valence-electron chi connectivity index (χ0n) is 15.6. The maximum Gasteiger partial charge on any atom is 0.196 e. The fraction of sp³-hybridized carbons (Fsp3) is 0.286. The molecule has 0 spiro atoms. The lowest BCUT2D eigenvalue weighted by atomic mass is 10.1. The van der Waals surface area contributed by atoms with Crippen LogP contribution in [-0.2, 0) is 0 Å². The number of aromatic nitrogens is 3. The summed E-state index contributed by atoms with van der Waals surface area (Å²) in [7, 11) is 1.66. The molecular weight excluding hydrogens is 356 g/mol. The summed E-state index contributed by atoms with van der Waals surface area (Å²) in [5.74, 6) is 2.43. The maximum atomic E-state index is 8.68. The first kappa shape index (κ1) is 19.0. The lowest BCUT2D eigenvalue weighted by Crippen LogP contribution is -2.01. The van der Waals surface area contributed by atoms with Crippen LogP contribution < -0.4 is 4.74 Å². The summed E-state index contributed by atoms with van der Waals surface area (Å²) in [4.78, 5) is 0. The monoisotopic (exact) mass is 378 g/mol. The van der Waals surface area contributed by atoms with Crippen LogP contribution in [0.4, 0.5) is 0 Å². The third-order valence-electron chi connectivity index (χ3n) is 4.19. The zero-order valence-corrected chi connectivity index (χ0v) is 16.4. The van der Waals surface area contributed by atoms with E-state index in [9.17, 15) is 0 Å². The molecule has 0 atom stereocenters. The van der Waals surface area contributed by atoms with Gasteiger partial charge >= 0.3 is 0 Å². The number of hydrogen-bond acceptors (Lipinski definition) is 5. The fourth-order valence-electron chi connectivity index (χ4n) is 2.76. The van der Waals surface area contributed by atoms with Crippen LogP contribution in [0.2, 0.25) is 0 Å². The third kappa shape index (κ3) is 4.50. The molecule has 0 bridgehead atoms. The number of rotatable bonds is 8. The molecule has 0 aliphatic carbocycles. The van der Waals surface area contributed by atoms with Gasteiger partial charge in [0.05, 0.1) is 18.7 Å². The molecule has 3 rings (SSSR count). The number of unbranched alkanes of at least 4 members (excludes halogenated alkanes) is 2. The standard InChI is InChI=1S/C21H22N4OS/c1-16-10-12-17(13-11-16)25-20(18-8-4-5-9-19(18)26-2)23-24-21(25)27-15-7-3-6-14-22/h4-5,8-13H,3,6-7,15H2,1-2H3. The van der Waals surface area contributed by atoms with Gasteiger partial charge in [0, 0.05) is 17.9 Å². The molecule has 3 aromatic rings. The van der Waals surface area contributed by atoms with Gasteiger partial charge in [0.25, 0.3) is 0 Å². The maximum absolute atomic E-state index is 8.68. The van der Waals surface area contributed by atoms with E-state index >= 15 is 0 Å². The van der Waals surface area contributed by atoms with E-state index in [1.807, 2.05) is 24.3 Å². The van der Waals surface area contributed by atoms with Gasteiger partial charge in [-0.2, -0.15) is 5.26 Å². The summed E-state index contributed by atoms with van der Waals surface area (Å²) in [6, 6.07) is 18.4. The van der Waals surface area contributed by atoms with Crippen molar-refractivity contribution in [1.82, 2.24) is 14.8 Å². The molecule has 1 aromatic heterocycles. The quantitative estimate of drug-likeness (QED) is 0.406. The molecule has 0 radical (unpaired) electrons. The van der Waals surface area contributed by atoms with Crippen molar-refractivity contribution in [3.05, 3.63) is 54.1 Å². The number of hydrogen-bond donors (Lipinski definition) is 0. The number of thioether (sulfide) groups is 1. The van der Waals surface area contributed by atoms with Crippen LogP contribution in [0.25, 0.3) is 17.1 Å². The lowest BCUT2D eigenvalue weighted by molar-refractivity contribution is 0.416. The van der Waals surface area contributed by atoms with Crippen LogP contribution in [-0.4, -0.2) is 27.6 Å². The first-order valence-corrected chi connectivity index (χ1v) is 9.88. The minimum absolute atomic E-state index is 0.595. The van der Waals surface area contributed by atoms with Crippen molar-refractivity contribution in [2.45, 2.75) is 31.3 Å². The van der Waals surface area contributed by atoms with Crippen molar-refractivity contribution in [1.29, 1.82) is 5.26 Å². The highest BCUT2D eigenvalue weighted by Gasteiger charge is 2.18. The Balaban J connectivity index is 1.98. The van der Waals surface area contributed by atoms with Crippen molar-refractivity contribution in [2.75, 3.05) is 12.9 Å². The molecule has 0 saturated carbocycles. The number of aryl methyl sites for hydroxylation is 1. The second kappa shape index (κ2) is 9.24. The molecule has 0 aliphatic rings. The molecule has 5 nitrogen and oxygen atoms in total. The first-order chi connectivity index (χ1) is 13.2.